The van der Waals surface area contributed by atoms with E-state index in [1.165, 1.54) is 11.0 Å². The Bertz CT molecular complexity index is 1830. The number of aryl methyl sites for hydroxylation is 1. The highest BCUT2D eigenvalue weighted by Crippen LogP contribution is 2.61. The Labute approximate surface area is 290 Å². The van der Waals surface area contributed by atoms with E-state index >= 15 is 0 Å². The van der Waals surface area contributed by atoms with Crippen LogP contribution in [-0.4, -0.2) is 71.0 Å². The highest BCUT2D eigenvalue weighted by Gasteiger charge is 2.56. The number of anilines is 2. The summed E-state index contributed by atoms with van der Waals surface area (Å²) in [6.45, 7) is 10.1. The molecule has 7 rings (SSSR count). The van der Waals surface area contributed by atoms with E-state index in [1.807, 2.05) is 30.0 Å². The maximum atomic E-state index is 13.9. The Morgan fingerprint density at radius 1 is 1.12 bits per heavy atom. The van der Waals surface area contributed by atoms with E-state index in [2.05, 4.69) is 42.0 Å². The van der Waals surface area contributed by atoms with Crippen LogP contribution in [0.4, 0.5) is 11.6 Å². The average Bonchev–Trinajstić information content (AvgIpc) is 3.03. The summed E-state index contributed by atoms with van der Waals surface area (Å²) in [6.07, 6.45) is 2.73. The predicted molar refractivity (Wildman–Crippen MR) is 192 cm³/mol. The first kappa shape index (κ1) is 34.0. The van der Waals surface area contributed by atoms with Crippen molar-refractivity contribution in [2.24, 2.45) is 28.2 Å². The van der Waals surface area contributed by atoms with Crippen molar-refractivity contribution in [3.8, 4) is 0 Å². The van der Waals surface area contributed by atoms with E-state index in [9.17, 15) is 14.4 Å². The number of piperazine rings is 1. The number of nitrogens with one attached hydrogen (secondary N) is 4. The van der Waals surface area contributed by atoms with E-state index in [-0.39, 0.29) is 55.0 Å². The van der Waals surface area contributed by atoms with Crippen LogP contribution in [0, 0.1) is 23.2 Å². The lowest BCUT2D eigenvalue weighted by Crippen LogP contribution is -2.58. The number of likely N-dealkylation sites (N-methyl/N-ethyl adjacent to an activating group) is 1. The summed E-state index contributed by atoms with van der Waals surface area (Å²) in [5.74, 6) is 2.32. The van der Waals surface area contributed by atoms with Crippen LogP contribution < -0.4 is 26.8 Å². The number of nitrogens with zero attached hydrogens (tertiary/aromatic N) is 4. The molecule has 4 N–H and O–H groups in total. The van der Waals surface area contributed by atoms with Crippen LogP contribution in [0.1, 0.15) is 46.1 Å². The van der Waals surface area contributed by atoms with Crippen molar-refractivity contribution >= 4 is 63.5 Å². The van der Waals surface area contributed by atoms with Crippen molar-refractivity contribution in [3.63, 3.8) is 0 Å². The predicted octanol–water partition coefficient (Wildman–Crippen LogP) is 4.76. The summed E-state index contributed by atoms with van der Waals surface area (Å²) < 4.78 is 1.53. The highest BCUT2D eigenvalue weighted by molar-refractivity contribution is 6.35. The molecule has 1 aliphatic heterocycles. The standard InChI is InChI=1S/C35H44Cl2N8O3/c1-19-17-44(18-31(47)40-19)34(42-28-13-22-12-26(20(28)2)35(22,3)4)41-24-8-9-25-29(15-24)43-33(39-16-30(46)38-5)45(32(25)48)11-10-21-6-7-23(36)14-27(21)37/h6-9,14-15,19-20,22,26,28H,10-13,16-18H2,1-5H3,(H,38,46)(H,39,43)(H,40,47)(H,41,42)/t19-,20-,22-,26+,28-/m0/s1. The molecule has 2 bridgehead atoms. The third-order valence-corrected chi connectivity index (χ3v) is 11.2. The molecule has 0 radical (unpaired) electrons. The number of aromatic nitrogens is 2. The first-order chi connectivity index (χ1) is 22.8. The molecule has 4 fully saturated rings. The number of fused-ring (bicyclic) bond motifs is 3. The largest absolute Gasteiger partial charge is 0.358 e. The molecular weight excluding hydrogens is 651 g/mol. The summed E-state index contributed by atoms with van der Waals surface area (Å²) in [4.78, 5) is 50.8. The van der Waals surface area contributed by atoms with Gasteiger partial charge in [0.05, 0.1) is 30.0 Å². The van der Waals surface area contributed by atoms with Crippen LogP contribution >= 0.6 is 23.2 Å². The summed E-state index contributed by atoms with van der Waals surface area (Å²) in [7, 11) is 1.55. The maximum Gasteiger partial charge on any atom is 0.262 e. The van der Waals surface area contributed by atoms with Gasteiger partial charge in [-0.3, -0.25) is 19.0 Å². The second-order valence-electron chi connectivity index (χ2n) is 14.1. The normalized spacial score (nSPS) is 24.9. The molecule has 2 amide bonds. The second-order valence-corrected chi connectivity index (χ2v) is 14.9. The topological polar surface area (TPSA) is 133 Å². The number of carbonyl (C=O) groups is 2. The zero-order valence-electron chi connectivity index (χ0n) is 28.1. The molecule has 4 aliphatic rings. The Morgan fingerprint density at radius 2 is 1.92 bits per heavy atom. The minimum Gasteiger partial charge on any atom is -0.358 e. The molecule has 2 heterocycles. The van der Waals surface area contributed by atoms with Gasteiger partial charge in [-0.15, -0.1) is 0 Å². The smallest absolute Gasteiger partial charge is 0.262 e. The highest BCUT2D eigenvalue weighted by atomic mass is 35.5. The van der Waals surface area contributed by atoms with Gasteiger partial charge >= 0.3 is 0 Å². The van der Waals surface area contributed by atoms with Crippen molar-refractivity contribution in [2.45, 2.75) is 65.6 Å². The van der Waals surface area contributed by atoms with E-state index < -0.39 is 0 Å². The molecule has 3 saturated carbocycles. The Morgan fingerprint density at radius 3 is 2.60 bits per heavy atom. The molecular formula is C35H44Cl2N8O3. The van der Waals surface area contributed by atoms with Gasteiger partial charge in [-0.05, 0) is 85.3 Å². The number of hydrogen-bond acceptors (Lipinski definition) is 6. The van der Waals surface area contributed by atoms with Gasteiger partial charge in [0.2, 0.25) is 17.8 Å². The van der Waals surface area contributed by atoms with Crippen LogP contribution in [0.3, 0.4) is 0 Å². The molecule has 0 unspecified atom stereocenters. The Hall–Kier alpha value is -3.83. The minimum absolute atomic E-state index is 0.0252. The molecule has 13 heteroatoms. The van der Waals surface area contributed by atoms with Crippen molar-refractivity contribution in [3.05, 3.63) is 62.4 Å². The summed E-state index contributed by atoms with van der Waals surface area (Å²) in [5, 5.41) is 13.6. The van der Waals surface area contributed by atoms with E-state index in [1.54, 1.807) is 25.2 Å². The summed E-state index contributed by atoms with van der Waals surface area (Å²) in [6, 6.07) is 10.8. The van der Waals surface area contributed by atoms with Crippen LogP contribution in [-0.2, 0) is 22.6 Å². The van der Waals surface area contributed by atoms with Crippen molar-refractivity contribution in [1.82, 2.24) is 25.1 Å². The zero-order chi connectivity index (χ0) is 34.3. The van der Waals surface area contributed by atoms with Gasteiger partial charge in [0.1, 0.15) is 0 Å². The monoisotopic (exact) mass is 694 g/mol. The molecule has 48 heavy (non-hydrogen) atoms. The van der Waals surface area contributed by atoms with E-state index in [4.69, 9.17) is 33.2 Å². The van der Waals surface area contributed by atoms with E-state index in [0.29, 0.717) is 68.7 Å². The Kier molecular flexibility index (Phi) is 9.64. The fourth-order valence-corrected chi connectivity index (χ4v) is 8.22. The number of amides is 2. The zero-order valence-corrected chi connectivity index (χ0v) is 29.6. The van der Waals surface area contributed by atoms with Gasteiger partial charge in [0.25, 0.3) is 5.56 Å². The molecule has 2 aromatic carbocycles. The van der Waals surface area contributed by atoms with Crippen molar-refractivity contribution in [2.75, 3.05) is 37.3 Å². The third kappa shape index (κ3) is 6.85. The van der Waals surface area contributed by atoms with Crippen molar-refractivity contribution in [1.29, 1.82) is 0 Å². The summed E-state index contributed by atoms with van der Waals surface area (Å²) in [5.41, 5.74) is 2.09. The lowest BCUT2D eigenvalue weighted by atomic mass is 9.45. The molecule has 3 aromatic rings. The average molecular weight is 696 g/mol. The van der Waals surface area contributed by atoms with Gasteiger partial charge in [-0.25, -0.2) is 9.98 Å². The lowest BCUT2D eigenvalue weighted by molar-refractivity contribution is -0.124. The Balaban J connectivity index is 1.33. The van der Waals surface area contributed by atoms with Gasteiger partial charge in [-0.2, -0.15) is 0 Å². The van der Waals surface area contributed by atoms with Crippen LogP contribution in [0.5, 0.6) is 0 Å². The van der Waals surface area contributed by atoms with Crippen LogP contribution in [0.15, 0.2) is 46.2 Å². The first-order valence-corrected chi connectivity index (χ1v) is 17.4. The second kappa shape index (κ2) is 13.6. The maximum absolute atomic E-state index is 13.9. The number of aliphatic imine (C=N–C) groups is 1. The summed E-state index contributed by atoms with van der Waals surface area (Å²) >= 11 is 12.5. The molecule has 256 valence electrons. The number of halogens is 2. The molecule has 11 nitrogen and oxygen atoms in total. The number of guanidine groups is 1. The SMILES string of the molecule is CNC(=O)CNc1nc2cc(NC(=N[C@H]3C[C@@H]4C[C@H]([C@@H]3C)C4(C)C)N3CC(=O)N[C@@H](C)C3)ccc2c(=O)n1CCc1ccc(Cl)cc1Cl. The lowest BCUT2D eigenvalue weighted by Gasteiger charge is -2.61. The number of benzene rings is 2. The molecule has 1 aromatic heterocycles. The van der Waals surface area contributed by atoms with Crippen LogP contribution in [0.25, 0.3) is 10.9 Å². The van der Waals surface area contributed by atoms with Gasteiger partial charge in [0.15, 0.2) is 5.96 Å². The number of rotatable bonds is 8. The minimum atomic E-state index is -0.246. The van der Waals surface area contributed by atoms with Crippen molar-refractivity contribution < 1.29 is 9.59 Å². The third-order valence-electron chi connectivity index (χ3n) is 10.7. The fourth-order valence-electron chi connectivity index (χ4n) is 7.71. The molecule has 3 aliphatic carbocycles. The fraction of sp³-hybridized carbons (Fsp3) is 0.514. The number of hydrogen-bond donors (Lipinski definition) is 4. The van der Waals surface area contributed by atoms with Crippen LogP contribution in [0.2, 0.25) is 10.0 Å². The quantitative estimate of drug-likeness (QED) is 0.197. The first-order valence-electron chi connectivity index (χ1n) is 16.7. The molecule has 1 saturated heterocycles. The van der Waals surface area contributed by atoms with E-state index in [0.717, 1.165) is 12.0 Å². The van der Waals surface area contributed by atoms with Gasteiger partial charge in [-0.1, -0.05) is 50.0 Å². The molecule has 5 atom stereocenters. The number of carbonyl (C=O) groups excluding carboxylic acids is 2. The molecule has 0 spiro atoms. The van der Waals surface area contributed by atoms with Gasteiger partial charge in [0, 0.05) is 41.9 Å². The van der Waals surface area contributed by atoms with Gasteiger partial charge < -0.3 is 26.2 Å².